The van der Waals surface area contributed by atoms with Crippen LogP contribution >= 0.6 is 7.82 Å². The molecule has 0 saturated carbocycles. The van der Waals surface area contributed by atoms with Crippen LogP contribution in [0.4, 0.5) is 0 Å². The summed E-state index contributed by atoms with van der Waals surface area (Å²) in [6.07, 6.45) is 5.11. The molecule has 0 aromatic carbocycles. The number of phosphoric acid groups is 1. The molecule has 5 nitrogen and oxygen atoms in total. The third-order valence-corrected chi connectivity index (χ3v) is 2.44. The second kappa shape index (κ2) is 9.31. The number of phosphoric ester groups is 1. The maximum absolute atomic E-state index is 10.2. The smallest absolute Gasteiger partial charge is 0.265 e. The van der Waals surface area contributed by atoms with Crippen LogP contribution in [0.3, 0.4) is 0 Å². The minimum atomic E-state index is -4.49. The van der Waals surface area contributed by atoms with Gasteiger partial charge in [-0.25, -0.2) is 0 Å². The van der Waals surface area contributed by atoms with Gasteiger partial charge in [0, 0.05) is 0 Å². The van der Waals surface area contributed by atoms with Crippen LogP contribution in [-0.2, 0) is 9.09 Å². The van der Waals surface area contributed by atoms with Crippen molar-refractivity contribution in [2.24, 2.45) is 5.92 Å². The van der Waals surface area contributed by atoms with Crippen LogP contribution in [0.25, 0.3) is 0 Å². The fourth-order valence-electron chi connectivity index (χ4n) is 1.19. The number of hydrogen-bond donors (Lipinski definition) is 2. The van der Waals surface area contributed by atoms with Crippen molar-refractivity contribution in [2.45, 2.75) is 46.0 Å². The van der Waals surface area contributed by atoms with E-state index < -0.39 is 7.82 Å². The Morgan fingerprint density at radius 2 is 1.80 bits per heavy atom. The lowest BCUT2D eigenvalue weighted by atomic mass is 10.0. The lowest BCUT2D eigenvalue weighted by Gasteiger charge is -2.14. The Hall–Kier alpha value is 0.0700. The van der Waals surface area contributed by atoms with Crippen LogP contribution in [0.1, 0.15) is 46.0 Å². The molecule has 0 aliphatic heterocycles. The first-order valence-corrected chi connectivity index (χ1v) is 6.59. The zero-order chi connectivity index (χ0) is 11.0. The molecule has 0 rings (SSSR count). The van der Waals surface area contributed by atoms with Gasteiger partial charge in [0.2, 0.25) is 0 Å². The number of hydrogen-bond acceptors (Lipinski definition) is 3. The molecule has 1 unspecified atom stereocenters. The molecule has 94 valence electrons. The van der Waals surface area contributed by atoms with Crippen LogP contribution in [-0.4, -0.2) is 11.5 Å². The van der Waals surface area contributed by atoms with E-state index in [4.69, 9.17) is 4.89 Å². The summed E-state index contributed by atoms with van der Waals surface area (Å²) in [6.45, 7) is 4.46. The van der Waals surface area contributed by atoms with Gasteiger partial charge in [0.1, 0.15) is 0 Å². The summed E-state index contributed by atoms with van der Waals surface area (Å²) in [5.74, 6) is 0.727. The van der Waals surface area contributed by atoms with Crippen molar-refractivity contribution in [2.75, 3.05) is 6.61 Å². The molecule has 15 heavy (non-hydrogen) atoms. The minimum Gasteiger partial charge on any atom is -0.756 e. The van der Waals surface area contributed by atoms with E-state index in [0.717, 1.165) is 18.8 Å². The third kappa shape index (κ3) is 16.7. The number of rotatable bonds is 8. The van der Waals surface area contributed by atoms with Crippen LogP contribution in [0.5, 0.6) is 0 Å². The maximum Gasteiger partial charge on any atom is 0.265 e. The largest absolute Gasteiger partial charge is 0.756 e. The fraction of sp³-hybridized carbons (Fsp3) is 1.00. The molecule has 0 fully saturated rings. The summed E-state index contributed by atoms with van der Waals surface area (Å²) in [7, 11) is -4.49. The van der Waals surface area contributed by atoms with E-state index in [0.29, 0.717) is 6.42 Å². The van der Waals surface area contributed by atoms with E-state index in [1.165, 1.54) is 12.8 Å². The first-order chi connectivity index (χ1) is 6.42. The molecule has 0 heterocycles. The van der Waals surface area contributed by atoms with Gasteiger partial charge in [0.15, 0.2) is 0 Å². The third-order valence-electron chi connectivity index (χ3n) is 1.93. The van der Waals surface area contributed by atoms with Crippen molar-refractivity contribution in [3.05, 3.63) is 0 Å². The van der Waals surface area contributed by atoms with E-state index in [1.54, 1.807) is 0 Å². The highest BCUT2D eigenvalue weighted by Gasteiger charge is 2.00. The van der Waals surface area contributed by atoms with Gasteiger partial charge in [-0.15, -0.1) is 0 Å². The Morgan fingerprint density at radius 1 is 1.27 bits per heavy atom. The Balaban J connectivity index is 0. The van der Waals surface area contributed by atoms with Crippen molar-refractivity contribution in [3.8, 4) is 0 Å². The van der Waals surface area contributed by atoms with E-state index >= 15 is 0 Å². The number of unbranched alkanes of at least 4 members (excludes halogenated alkanes) is 3. The van der Waals surface area contributed by atoms with Gasteiger partial charge in [-0.2, -0.15) is 0 Å². The zero-order valence-corrected chi connectivity index (χ0v) is 10.8. The predicted octanol–water partition coefficient (Wildman–Crippen LogP) is 2.45. The van der Waals surface area contributed by atoms with E-state index in [-0.39, 0.29) is 12.8 Å². The van der Waals surface area contributed by atoms with Gasteiger partial charge < -0.3 is 20.5 Å². The molecule has 0 aromatic heterocycles. The minimum absolute atomic E-state index is 0. The monoisotopic (exact) mass is 241 g/mol. The number of quaternary nitrogens is 1. The van der Waals surface area contributed by atoms with Gasteiger partial charge in [0.25, 0.3) is 7.82 Å². The topological polar surface area (TPSA) is 106 Å². The summed E-state index contributed by atoms with van der Waals surface area (Å²) < 4.78 is 14.4. The van der Waals surface area contributed by atoms with Crippen molar-refractivity contribution in [1.82, 2.24) is 6.15 Å². The maximum atomic E-state index is 10.2. The van der Waals surface area contributed by atoms with E-state index in [1.807, 2.05) is 0 Å². The Labute approximate surface area is 92.0 Å². The van der Waals surface area contributed by atoms with Crippen LogP contribution in [0, 0.1) is 5.92 Å². The Morgan fingerprint density at radius 3 is 2.27 bits per heavy atom. The molecule has 0 bridgehead atoms. The molecule has 0 spiro atoms. The second-order valence-electron chi connectivity index (χ2n) is 3.90. The van der Waals surface area contributed by atoms with Crippen molar-refractivity contribution in [1.29, 1.82) is 0 Å². The summed E-state index contributed by atoms with van der Waals surface area (Å²) in [4.78, 5) is 18.4. The average Bonchev–Trinajstić information content (AvgIpc) is 2.00. The molecule has 5 N–H and O–H groups in total. The zero-order valence-electron chi connectivity index (χ0n) is 9.94. The molecule has 0 amide bonds. The standard InChI is InChI=1S/C9H21O4P.H3N/c1-9(2)7-5-3-4-6-8-13-14(10,11)12;/h9H,3-8H2,1-2H3,(H2,10,11,12);1H3. The molecule has 0 aliphatic rings. The van der Waals surface area contributed by atoms with E-state index in [9.17, 15) is 9.46 Å². The molecular formula is C9H24NO4P. The Kier molecular flexibility index (Phi) is 10.8. The van der Waals surface area contributed by atoms with Gasteiger partial charge >= 0.3 is 0 Å². The molecule has 1 atom stereocenters. The van der Waals surface area contributed by atoms with Gasteiger partial charge in [-0.3, -0.25) is 4.57 Å². The Bertz CT molecular complexity index is 181. The van der Waals surface area contributed by atoms with Crippen molar-refractivity contribution < 1.29 is 18.9 Å². The van der Waals surface area contributed by atoms with Gasteiger partial charge in [-0.05, 0) is 12.3 Å². The molecular weight excluding hydrogens is 217 g/mol. The lowest BCUT2D eigenvalue weighted by Crippen LogP contribution is -2.04. The fourth-order valence-corrected chi connectivity index (χ4v) is 1.55. The highest BCUT2D eigenvalue weighted by Crippen LogP contribution is 2.30. The molecule has 0 radical (unpaired) electrons. The molecule has 0 aliphatic carbocycles. The highest BCUT2D eigenvalue weighted by atomic mass is 31.2. The molecule has 0 aromatic rings. The SMILES string of the molecule is CC(C)CCCCCCOP(=O)([O-])O.[NH4+]. The molecule has 0 saturated heterocycles. The highest BCUT2D eigenvalue weighted by molar-refractivity contribution is 7.44. The van der Waals surface area contributed by atoms with Gasteiger partial charge in [0.05, 0.1) is 6.61 Å². The van der Waals surface area contributed by atoms with Gasteiger partial charge in [-0.1, -0.05) is 39.5 Å². The average molecular weight is 241 g/mol. The molecule has 6 heteroatoms. The van der Waals surface area contributed by atoms with E-state index in [2.05, 4.69) is 18.4 Å². The normalized spacial score (nSPS) is 14.7. The first kappa shape index (κ1) is 17.5. The summed E-state index contributed by atoms with van der Waals surface area (Å²) in [6, 6.07) is 0. The van der Waals surface area contributed by atoms with Crippen LogP contribution in [0.15, 0.2) is 0 Å². The summed E-state index contributed by atoms with van der Waals surface area (Å²) in [5, 5.41) is 0. The van der Waals surface area contributed by atoms with Crippen LogP contribution in [0.2, 0.25) is 0 Å². The summed E-state index contributed by atoms with van der Waals surface area (Å²) in [5.41, 5.74) is 0. The second-order valence-corrected chi connectivity index (χ2v) is 5.09. The first-order valence-electron chi connectivity index (χ1n) is 5.10. The quantitative estimate of drug-likeness (QED) is 0.502. The van der Waals surface area contributed by atoms with Crippen LogP contribution < -0.4 is 11.0 Å². The lowest BCUT2D eigenvalue weighted by molar-refractivity contribution is -0.219. The predicted molar refractivity (Wildman–Crippen MR) is 59.7 cm³/mol. The van der Waals surface area contributed by atoms with Crippen molar-refractivity contribution in [3.63, 3.8) is 0 Å². The summed E-state index contributed by atoms with van der Waals surface area (Å²) >= 11 is 0. The van der Waals surface area contributed by atoms with Crippen molar-refractivity contribution >= 4 is 7.82 Å².